The van der Waals surface area contributed by atoms with E-state index < -0.39 is 0 Å². The van der Waals surface area contributed by atoms with Gasteiger partial charge in [0.05, 0.1) is 4.88 Å². The summed E-state index contributed by atoms with van der Waals surface area (Å²) in [4.78, 5) is 17.8. The number of hydrogen-bond donors (Lipinski definition) is 0. The Morgan fingerprint density at radius 2 is 2.06 bits per heavy atom. The molecule has 3 nitrogen and oxygen atoms in total. The lowest BCUT2D eigenvalue weighted by molar-refractivity contribution is 0.0970. The molecule has 0 aromatic carbocycles. The average molecular weight is 266 g/mol. The van der Waals surface area contributed by atoms with E-state index >= 15 is 0 Å². The van der Waals surface area contributed by atoms with E-state index in [1.807, 2.05) is 18.4 Å². The molecule has 2 heterocycles. The van der Waals surface area contributed by atoms with E-state index in [2.05, 4.69) is 16.8 Å². The van der Waals surface area contributed by atoms with Gasteiger partial charge in [-0.05, 0) is 43.9 Å². The predicted octanol–water partition coefficient (Wildman–Crippen LogP) is 2.27. The van der Waals surface area contributed by atoms with Crippen molar-refractivity contribution in [3.05, 3.63) is 21.9 Å². The van der Waals surface area contributed by atoms with Crippen LogP contribution in [-0.4, -0.2) is 55.4 Å². The molecule has 0 saturated carbocycles. The Labute approximate surface area is 113 Å². The molecule has 100 valence electrons. The van der Waals surface area contributed by atoms with Crippen LogP contribution in [0.1, 0.15) is 28.1 Å². The molecule has 1 aromatic rings. The number of hydrogen-bond acceptors (Lipinski definition) is 4. The van der Waals surface area contributed by atoms with E-state index in [-0.39, 0.29) is 0 Å². The summed E-state index contributed by atoms with van der Waals surface area (Å²) in [7, 11) is 2.17. The summed E-state index contributed by atoms with van der Waals surface area (Å²) in [5, 5.41) is 2.00. The minimum atomic E-state index is 0.316. The second kappa shape index (κ2) is 6.45. The lowest BCUT2D eigenvalue weighted by Crippen LogP contribution is -2.44. The molecular weight excluding hydrogens is 244 g/mol. The van der Waals surface area contributed by atoms with Crippen molar-refractivity contribution in [1.82, 2.24) is 9.80 Å². The van der Waals surface area contributed by atoms with Crippen molar-refractivity contribution in [2.24, 2.45) is 0 Å². The molecule has 0 spiro atoms. The Morgan fingerprint density at radius 1 is 1.33 bits per heavy atom. The number of aryl methyl sites for hydroxylation is 1. The fourth-order valence-corrected chi connectivity index (χ4v) is 3.20. The van der Waals surface area contributed by atoms with Crippen LogP contribution < -0.4 is 0 Å². The molecule has 0 amide bonds. The van der Waals surface area contributed by atoms with Crippen molar-refractivity contribution in [1.29, 1.82) is 0 Å². The van der Waals surface area contributed by atoms with Gasteiger partial charge in [0.1, 0.15) is 0 Å². The van der Waals surface area contributed by atoms with Crippen molar-refractivity contribution >= 4 is 17.1 Å². The maximum Gasteiger partial charge on any atom is 0.173 e. The molecule has 4 heteroatoms. The number of carbonyl (C=O) groups excluding carboxylic acids is 1. The van der Waals surface area contributed by atoms with Crippen LogP contribution in [0.5, 0.6) is 0 Å². The first-order chi connectivity index (χ1) is 8.66. The molecule has 0 radical (unpaired) electrons. The van der Waals surface area contributed by atoms with Gasteiger partial charge in [0.2, 0.25) is 0 Å². The molecule has 1 aliphatic heterocycles. The molecule has 2 rings (SSSR count). The first kappa shape index (κ1) is 13.7. The first-order valence-corrected chi connectivity index (χ1v) is 7.53. The first-order valence-electron chi connectivity index (χ1n) is 6.65. The van der Waals surface area contributed by atoms with Gasteiger partial charge in [-0.3, -0.25) is 4.79 Å². The number of carbonyl (C=O) groups is 1. The van der Waals surface area contributed by atoms with E-state index in [0.717, 1.165) is 49.6 Å². The number of nitrogens with zero attached hydrogens (tertiary/aromatic N) is 2. The highest BCUT2D eigenvalue weighted by Gasteiger charge is 2.15. The Kier molecular flexibility index (Phi) is 4.92. The molecule has 0 bridgehead atoms. The van der Waals surface area contributed by atoms with Crippen LogP contribution >= 0.6 is 11.3 Å². The Balaban J connectivity index is 1.69. The fourth-order valence-electron chi connectivity index (χ4n) is 2.31. The topological polar surface area (TPSA) is 23.6 Å². The van der Waals surface area contributed by atoms with Crippen LogP contribution in [0.4, 0.5) is 0 Å². The highest BCUT2D eigenvalue weighted by Crippen LogP contribution is 2.18. The SMILES string of the molecule is Cc1ccsc1C(=O)CCCN1CCN(C)CC1. The summed E-state index contributed by atoms with van der Waals surface area (Å²) >= 11 is 1.57. The number of Topliss-reactive ketones (excluding diaryl/α,β-unsaturated/α-hetero) is 1. The molecule has 0 unspecified atom stereocenters. The van der Waals surface area contributed by atoms with Gasteiger partial charge in [0, 0.05) is 32.6 Å². The third-order valence-corrected chi connectivity index (χ3v) is 4.65. The van der Waals surface area contributed by atoms with E-state index in [4.69, 9.17) is 0 Å². The lowest BCUT2D eigenvalue weighted by Gasteiger charge is -2.32. The van der Waals surface area contributed by atoms with Crippen molar-refractivity contribution in [2.45, 2.75) is 19.8 Å². The molecule has 1 aliphatic rings. The monoisotopic (exact) mass is 266 g/mol. The number of rotatable bonds is 5. The molecular formula is C14H22N2OS. The van der Waals surface area contributed by atoms with E-state index in [1.165, 1.54) is 0 Å². The number of piperazine rings is 1. The minimum absolute atomic E-state index is 0.316. The average Bonchev–Trinajstić information content (AvgIpc) is 2.78. The van der Waals surface area contributed by atoms with Crippen molar-refractivity contribution < 1.29 is 4.79 Å². The maximum absolute atomic E-state index is 12.0. The standard InChI is InChI=1S/C14H22N2OS/c1-12-5-11-18-14(12)13(17)4-3-6-16-9-7-15(2)8-10-16/h5,11H,3-4,6-10H2,1-2H3. The van der Waals surface area contributed by atoms with Gasteiger partial charge in [-0.2, -0.15) is 0 Å². The molecule has 18 heavy (non-hydrogen) atoms. The van der Waals surface area contributed by atoms with Crippen LogP contribution in [0.15, 0.2) is 11.4 Å². The highest BCUT2D eigenvalue weighted by atomic mass is 32.1. The van der Waals surface area contributed by atoms with E-state index in [0.29, 0.717) is 12.2 Å². The molecule has 1 aromatic heterocycles. The van der Waals surface area contributed by atoms with Gasteiger partial charge < -0.3 is 9.80 Å². The van der Waals surface area contributed by atoms with Crippen LogP contribution in [0.2, 0.25) is 0 Å². The summed E-state index contributed by atoms with van der Waals surface area (Å²) in [5.41, 5.74) is 1.13. The largest absolute Gasteiger partial charge is 0.304 e. The zero-order valence-electron chi connectivity index (χ0n) is 11.3. The summed E-state index contributed by atoms with van der Waals surface area (Å²) in [6.07, 6.45) is 1.67. The highest BCUT2D eigenvalue weighted by molar-refractivity contribution is 7.12. The smallest absolute Gasteiger partial charge is 0.173 e. The Hall–Kier alpha value is -0.710. The Bertz CT molecular complexity index is 394. The second-order valence-corrected chi connectivity index (χ2v) is 6.02. The zero-order chi connectivity index (χ0) is 13.0. The normalized spacial score (nSPS) is 18.1. The summed E-state index contributed by atoms with van der Waals surface area (Å²) in [5.74, 6) is 0.316. The third kappa shape index (κ3) is 3.64. The van der Waals surface area contributed by atoms with Crippen molar-refractivity contribution in [2.75, 3.05) is 39.8 Å². The number of thiophene rings is 1. The Morgan fingerprint density at radius 3 is 2.67 bits per heavy atom. The summed E-state index contributed by atoms with van der Waals surface area (Å²) < 4.78 is 0. The van der Waals surface area contributed by atoms with Gasteiger partial charge in [0.25, 0.3) is 0 Å². The molecule has 1 fully saturated rings. The number of ketones is 1. The molecule has 1 saturated heterocycles. The van der Waals surface area contributed by atoms with Crippen molar-refractivity contribution in [3.63, 3.8) is 0 Å². The molecule has 0 atom stereocenters. The van der Waals surface area contributed by atoms with Crippen molar-refractivity contribution in [3.8, 4) is 0 Å². The zero-order valence-corrected chi connectivity index (χ0v) is 12.1. The third-order valence-electron chi connectivity index (χ3n) is 3.59. The quantitative estimate of drug-likeness (QED) is 0.764. The van der Waals surface area contributed by atoms with Crippen LogP contribution in [0.25, 0.3) is 0 Å². The van der Waals surface area contributed by atoms with Crippen LogP contribution in [-0.2, 0) is 0 Å². The predicted molar refractivity (Wildman–Crippen MR) is 76.6 cm³/mol. The minimum Gasteiger partial charge on any atom is -0.304 e. The van der Waals surface area contributed by atoms with Gasteiger partial charge >= 0.3 is 0 Å². The van der Waals surface area contributed by atoms with Gasteiger partial charge in [-0.15, -0.1) is 11.3 Å². The number of likely N-dealkylation sites (N-methyl/N-ethyl adjacent to an activating group) is 1. The summed E-state index contributed by atoms with van der Waals surface area (Å²) in [6.45, 7) is 7.66. The van der Waals surface area contributed by atoms with Gasteiger partial charge in [0.15, 0.2) is 5.78 Å². The molecule has 0 N–H and O–H groups in total. The van der Waals surface area contributed by atoms with Crippen LogP contribution in [0.3, 0.4) is 0 Å². The second-order valence-electron chi connectivity index (χ2n) is 5.10. The van der Waals surface area contributed by atoms with Gasteiger partial charge in [-0.1, -0.05) is 0 Å². The van der Waals surface area contributed by atoms with E-state index in [1.54, 1.807) is 11.3 Å². The van der Waals surface area contributed by atoms with E-state index in [9.17, 15) is 4.79 Å². The van der Waals surface area contributed by atoms with Crippen LogP contribution in [0, 0.1) is 6.92 Å². The summed E-state index contributed by atoms with van der Waals surface area (Å²) in [6, 6.07) is 2.03. The molecule has 0 aliphatic carbocycles. The van der Waals surface area contributed by atoms with Gasteiger partial charge in [-0.25, -0.2) is 0 Å². The fraction of sp³-hybridized carbons (Fsp3) is 0.643. The maximum atomic E-state index is 12.0. The lowest BCUT2D eigenvalue weighted by atomic mass is 10.1.